The molecule has 1 aliphatic heterocycles. The van der Waals surface area contributed by atoms with Crippen LogP contribution in [-0.2, 0) is 5.41 Å². The molecule has 0 spiro atoms. The third-order valence-electron chi connectivity index (χ3n) is 4.28. The second-order valence-electron chi connectivity index (χ2n) is 7.08. The van der Waals surface area contributed by atoms with Crippen molar-refractivity contribution >= 4 is 11.4 Å². The lowest BCUT2D eigenvalue weighted by atomic mass is 9.86. The first-order chi connectivity index (χ1) is 10.3. The number of benzene rings is 2. The number of aryl methyl sites for hydroxylation is 2. The zero-order valence-corrected chi connectivity index (χ0v) is 14.0. The van der Waals surface area contributed by atoms with E-state index in [-0.39, 0.29) is 5.41 Å². The van der Waals surface area contributed by atoms with Crippen LogP contribution in [0.5, 0.6) is 5.75 Å². The van der Waals surface area contributed by atoms with E-state index in [1.165, 1.54) is 16.7 Å². The van der Waals surface area contributed by atoms with Crippen LogP contribution in [0.1, 0.15) is 43.0 Å². The zero-order chi connectivity index (χ0) is 15.9. The maximum atomic E-state index is 5.89. The van der Waals surface area contributed by atoms with Gasteiger partial charge in [0.1, 0.15) is 18.0 Å². The van der Waals surface area contributed by atoms with Crippen LogP contribution in [0.15, 0.2) is 41.4 Å². The Hall–Kier alpha value is -2.09. The van der Waals surface area contributed by atoms with Gasteiger partial charge in [-0.15, -0.1) is 0 Å². The summed E-state index contributed by atoms with van der Waals surface area (Å²) in [5.74, 6) is 0.887. The van der Waals surface area contributed by atoms with Crippen molar-refractivity contribution in [3.05, 3.63) is 58.7 Å². The number of ether oxygens (including phenoxy) is 1. The van der Waals surface area contributed by atoms with Crippen molar-refractivity contribution in [1.82, 2.24) is 0 Å². The van der Waals surface area contributed by atoms with E-state index in [4.69, 9.17) is 9.73 Å². The summed E-state index contributed by atoms with van der Waals surface area (Å²) in [6, 6.07) is 12.9. The fourth-order valence-corrected chi connectivity index (χ4v) is 2.61. The third kappa shape index (κ3) is 2.78. The minimum absolute atomic E-state index is 0.171. The lowest BCUT2D eigenvalue weighted by Crippen LogP contribution is -2.17. The van der Waals surface area contributed by atoms with Crippen molar-refractivity contribution in [2.75, 3.05) is 6.61 Å². The summed E-state index contributed by atoms with van der Waals surface area (Å²) in [7, 11) is 0. The van der Waals surface area contributed by atoms with E-state index in [2.05, 4.69) is 71.0 Å². The van der Waals surface area contributed by atoms with E-state index < -0.39 is 0 Å². The first-order valence-corrected chi connectivity index (χ1v) is 7.77. The maximum Gasteiger partial charge on any atom is 0.145 e. The number of hydrogen-bond donors (Lipinski definition) is 0. The molecular formula is C20H23NO. The number of nitrogens with zero attached hydrogens (tertiary/aromatic N) is 1. The van der Waals surface area contributed by atoms with Crippen LogP contribution >= 0.6 is 0 Å². The van der Waals surface area contributed by atoms with Crippen molar-refractivity contribution in [1.29, 1.82) is 0 Å². The molecule has 0 bridgehead atoms. The molecule has 1 heterocycles. The van der Waals surface area contributed by atoms with Crippen LogP contribution < -0.4 is 4.74 Å². The highest BCUT2D eigenvalue weighted by atomic mass is 16.5. The Balaban J connectivity index is 1.96. The standard InChI is InChI=1S/C20H23NO/c1-13-10-17-19(11-14(13)2)22-12-18(21-17)15-6-8-16(9-7-15)20(3,4)5/h6-11H,12H2,1-5H3. The van der Waals surface area contributed by atoms with E-state index >= 15 is 0 Å². The minimum atomic E-state index is 0.171. The molecule has 2 aromatic rings. The topological polar surface area (TPSA) is 21.6 Å². The first kappa shape index (κ1) is 14.8. The second-order valence-corrected chi connectivity index (χ2v) is 7.08. The second kappa shape index (κ2) is 5.28. The van der Waals surface area contributed by atoms with Gasteiger partial charge in [-0.25, -0.2) is 4.99 Å². The van der Waals surface area contributed by atoms with Gasteiger partial charge in [0.15, 0.2) is 0 Å². The summed E-state index contributed by atoms with van der Waals surface area (Å²) >= 11 is 0. The predicted molar refractivity (Wildman–Crippen MR) is 92.8 cm³/mol. The lowest BCUT2D eigenvalue weighted by Gasteiger charge is -2.21. The van der Waals surface area contributed by atoms with Gasteiger partial charge in [0.2, 0.25) is 0 Å². The number of rotatable bonds is 1. The van der Waals surface area contributed by atoms with Crippen molar-refractivity contribution < 1.29 is 4.74 Å². The van der Waals surface area contributed by atoms with Gasteiger partial charge in [0.05, 0.1) is 5.71 Å². The summed E-state index contributed by atoms with van der Waals surface area (Å²) in [6.07, 6.45) is 0. The first-order valence-electron chi connectivity index (χ1n) is 7.77. The summed E-state index contributed by atoms with van der Waals surface area (Å²) in [5, 5.41) is 0. The van der Waals surface area contributed by atoms with Crippen molar-refractivity contribution in [3.8, 4) is 5.75 Å². The van der Waals surface area contributed by atoms with Crippen LogP contribution in [0.25, 0.3) is 0 Å². The summed E-state index contributed by atoms with van der Waals surface area (Å²) in [6.45, 7) is 11.4. The van der Waals surface area contributed by atoms with Crippen LogP contribution in [0, 0.1) is 13.8 Å². The Bertz CT molecular complexity index is 734. The Labute approximate surface area is 132 Å². The van der Waals surface area contributed by atoms with Gasteiger partial charge >= 0.3 is 0 Å². The molecule has 2 heteroatoms. The van der Waals surface area contributed by atoms with Crippen molar-refractivity contribution in [2.45, 2.75) is 40.0 Å². The van der Waals surface area contributed by atoms with Gasteiger partial charge < -0.3 is 4.74 Å². The SMILES string of the molecule is Cc1cc2c(cc1C)OCC(c1ccc(C(C)(C)C)cc1)=N2. The van der Waals surface area contributed by atoms with E-state index in [0.29, 0.717) is 6.61 Å². The summed E-state index contributed by atoms with van der Waals surface area (Å²) in [5.41, 5.74) is 7.06. The Morgan fingerprint density at radius 2 is 1.59 bits per heavy atom. The van der Waals surface area contributed by atoms with Crippen LogP contribution in [0.4, 0.5) is 5.69 Å². The normalized spacial score (nSPS) is 14.1. The van der Waals surface area contributed by atoms with Gasteiger partial charge in [-0.2, -0.15) is 0 Å². The molecule has 3 rings (SSSR count). The van der Waals surface area contributed by atoms with Gasteiger partial charge in [0.25, 0.3) is 0 Å². The quantitative estimate of drug-likeness (QED) is 0.715. The monoisotopic (exact) mass is 293 g/mol. The highest BCUT2D eigenvalue weighted by Gasteiger charge is 2.17. The third-order valence-corrected chi connectivity index (χ3v) is 4.28. The summed E-state index contributed by atoms with van der Waals surface area (Å²) < 4.78 is 5.89. The predicted octanol–water partition coefficient (Wildman–Crippen LogP) is 5.11. The molecule has 0 saturated carbocycles. The Morgan fingerprint density at radius 3 is 2.23 bits per heavy atom. The molecule has 2 nitrogen and oxygen atoms in total. The largest absolute Gasteiger partial charge is 0.485 e. The van der Waals surface area contributed by atoms with Crippen molar-refractivity contribution in [3.63, 3.8) is 0 Å². The summed E-state index contributed by atoms with van der Waals surface area (Å²) in [4.78, 5) is 4.80. The van der Waals surface area contributed by atoms with Crippen LogP contribution in [0.3, 0.4) is 0 Å². The van der Waals surface area contributed by atoms with Gasteiger partial charge in [-0.1, -0.05) is 45.0 Å². The molecule has 0 radical (unpaired) electrons. The molecule has 0 aliphatic carbocycles. The molecule has 1 aliphatic rings. The fourth-order valence-electron chi connectivity index (χ4n) is 2.61. The molecule has 114 valence electrons. The van der Waals surface area contributed by atoms with E-state index in [1.807, 2.05) is 0 Å². The molecule has 0 unspecified atom stereocenters. The Kier molecular flexibility index (Phi) is 3.56. The molecule has 2 aromatic carbocycles. The number of aliphatic imine (C=N–C) groups is 1. The molecule has 0 fully saturated rings. The van der Waals surface area contributed by atoms with E-state index in [0.717, 1.165) is 22.7 Å². The van der Waals surface area contributed by atoms with Gasteiger partial charge in [-0.05, 0) is 53.6 Å². The molecule has 0 atom stereocenters. The van der Waals surface area contributed by atoms with E-state index in [9.17, 15) is 0 Å². The average molecular weight is 293 g/mol. The van der Waals surface area contributed by atoms with Gasteiger partial charge in [-0.3, -0.25) is 0 Å². The highest BCUT2D eigenvalue weighted by molar-refractivity contribution is 6.04. The Morgan fingerprint density at radius 1 is 0.955 bits per heavy atom. The van der Waals surface area contributed by atoms with Crippen molar-refractivity contribution in [2.24, 2.45) is 4.99 Å². The number of hydrogen-bond acceptors (Lipinski definition) is 2. The molecule has 22 heavy (non-hydrogen) atoms. The molecule has 0 aromatic heterocycles. The highest BCUT2D eigenvalue weighted by Crippen LogP contribution is 2.34. The molecular weight excluding hydrogens is 270 g/mol. The van der Waals surface area contributed by atoms with E-state index in [1.54, 1.807) is 0 Å². The zero-order valence-electron chi connectivity index (χ0n) is 14.0. The molecule has 0 N–H and O–H groups in total. The van der Waals surface area contributed by atoms with Gasteiger partial charge in [0, 0.05) is 0 Å². The smallest absolute Gasteiger partial charge is 0.145 e. The van der Waals surface area contributed by atoms with Crippen LogP contribution in [0.2, 0.25) is 0 Å². The fraction of sp³-hybridized carbons (Fsp3) is 0.350. The lowest BCUT2D eigenvalue weighted by molar-refractivity contribution is 0.372. The number of fused-ring (bicyclic) bond motifs is 1. The average Bonchev–Trinajstić information content (AvgIpc) is 2.47. The minimum Gasteiger partial charge on any atom is -0.485 e. The maximum absolute atomic E-state index is 5.89. The molecule has 0 saturated heterocycles. The van der Waals surface area contributed by atoms with Crippen LogP contribution in [-0.4, -0.2) is 12.3 Å². The molecule has 0 amide bonds.